The average Bonchev–Trinajstić information content (AvgIpc) is 2.92. The minimum Gasteiger partial charge on any atom is -0.468 e. The maximum absolute atomic E-state index is 5.55. The van der Waals surface area contributed by atoms with Gasteiger partial charge in [-0.1, -0.05) is 26.0 Å². The zero-order chi connectivity index (χ0) is 14.4. The Kier molecular flexibility index (Phi) is 5.24. The molecule has 3 heteroatoms. The van der Waals surface area contributed by atoms with Gasteiger partial charge in [-0.15, -0.1) is 0 Å². The molecule has 0 aliphatic carbocycles. The van der Waals surface area contributed by atoms with E-state index in [4.69, 9.17) is 4.42 Å². The standard InChI is InChI=1S/C17H24N2O/c1-4-14-6-8-16(9-7-14)19(3)13-15-10-11-20-17(15)12-18-5-2/h6-11,18H,4-5,12-13H2,1-3H3. The van der Waals surface area contributed by atoms with Crippen LogP contribution >= 0.6 is 0 Å². The van der Waals surface area contributed by atoms with Gasteiger partial charge in [0.2, 0.25) is 0 Å². The third-order valence-corrected chi connectivity index (χ3v) is 3.57. The normalized spacial score (nSPS) is 10.8. The summed E-state index contributed by atoms with van der Waals surface area (Å²) in [5.41, 5.74) is 3.85. The van der Waals surface area contributed by atoms with E-state index in [1.807, 2.05) is 0 Å². The summed E-state index contributed by atoms with van der Waals surface area (Å²) in [6, 6.07) is 10.8. The second kappa shape index (κ2) is 7.15. The number of anilines is 1. The van der Waals surface area contributed by atoms with Crippen molar-refractivity contribution in [3.05, 3.63) is 53.5 Å². The highest BCUT2D eigenvalue weighted by Crippen LogP contribution is 2.19. The van der Waals surface area contributed by atoms with Crippen LogP contribution in [0.4, 0.5) is 5.69 Å². The molecule has 1 aromatic carbocycles. The van der Waals surface area contributed by atoms with E-state index >= 15 is 0 Å². The fraction of sp³-hybridized carbons (Fsp3) is 0.412. The van der Waals surface area contributed by atoms with Crippen LogP contribution in [0.5, 0.6) is 0 Å². The second-order valence-corrected chi connectivity index (χ2v) is 5.03. The van der Waals surface area contributed by atoms with Gasteiger partial charge in [-0.25, -0.2) is 0 Å². The number of hydrogen-bond donors (Lipinski definition) is 1. The molecule has 0 spiro atoms. The van der Waals surface area contributed by atoms with E-state index in [0.717, 1.165) is 31.8 Å². The molecule has 1 aromatic heterocycles. The molecule has 0 radical (unpaired) electrons. The molecule has 2 rings (SSSR count). The molecule has 108 valence electrons. The fourth-order valence-corrected chi connectivity index (χ4v) is 2.23. The number of benzene rings is 1. The molecule has 0 aliphatic heterocycles. The molecule has 1 heterocycles. The molecule has 0 saturated heterocycles. The van der Waals surface area contributed by atoms with Crippen LogP contribution in [0.3, 0.4) is 0 Å². The zero-order valence-electron chi connectivity index (χ0n) is 12.6. The summed E-state index contributed by atoms with van der Waals surface area (Å²) in [5.74, 6) is 1.03. The van der Waals surface area contributed by atoms with Gasteiger partial charge < -0.3 is 14.6 Å². The molecule has 0 saturated carbocycles. The Balaban J connectivity index is 2.03. The number of furan rings is 1. The van der Waals surface area contributed by atoms with Gasteiger partial charge in [0.15, 0.2) is 0 Å². The van der Waals surface area contributed by atoms with Crippen molar-refractivity contribution in [2.45, 2.75) is 33.4 Å². The SMILES string of the molecule is CCNCc1occc1CN(C)c1ccc(CC)cc1. The van der Waals surface area contributed by atoms with Crippen LogP contribution < -0.4 is 10.2 Å². The maximum atomic E-state index is 5.55. The minimum atomic E-state index is 0.793. The summed E-state index contributed by atoms with van der Waals surface area (Å²) < 4.78 is 5.55. The van der Waals surface area contributed by atoms with E-state index in [0.29, 0.717) is 0 Å². The Morgan fingerprint density at radius 2 is 1.85 bits per heavy atom. The first-order chi connectivity index (χ1) is 9.74. The van der Waals surface area contributed by atoms with Crippen molar-refractivity contribution in [3.8, 4) is 0 Å². The van der Waals surface area contributed by atoms with Crippen LogP contribution in [0.1, 0.15) is 30.7 Å². The third-order valence-electron chi connectivity index (χ3n) is 3.57. The van der Waals surface area contributed by atoms with Gasteiger partial charge in [-0.05, 0) is 36.7 Å². The van der Waals surface area contributed by atoms with Crippen molar-refractivity contribution in [2.75, 3.05) is 18.5 Å². The van der Waals surface area contributed by atoms with Crippen molar-refractivity contribution < 1.29 is 4.42 Å². The van der Waals surface area contributed by atoms with Crippen molar-refractivity contribution in [3.63, 3.8) is 0 Å². The molecule has 3 nitrogen and oxygen atoms in total. The zero-order valence-corrected chi connectivity index (χ0v) is 12.6. The predicted octanol–water partition coefficient (Wildman–Crippen LogP) is 3.59. The van der Waals surface area contributed by atoms with Crippen LogP contribution in [-0.4, -0.2) is 13.6 Å². The van der Waals surface area contributed by atoms with E-state index in [-0.39, 0.29) is 0 Å². The lowest BCUT2D eigenvalue weighted by atomic mass is 10.1. The molecule has 1 N–H and O–H groups in total. The van der Waals surface area contributed by atoms with Crippen LogP contribution in [0.2, 0.25) is 0 Å². The van der Waals surface area contributed by atoms with Crippen molar-refractivity contribution in [1.82, 2.24) is 5.32 Å². The van der Waals surface area contributed by atoms with Gasteiger partial charge in [-0.3, -0.25) is 0 Å². The van der Waals surface area contributed by atoms with E-state index in [1.54, 1.807) is 6.26 Å². The lowest BCUT2D eigenvalue weighted by Crippen LogP contribution is -2.18. The Labute approximate surface area is 121 Å². The molecule has 0 fully saturated rings. The summed E-state index contributed by atoms with van der Waals surface area (Å²) in [6.07, 6.45) is 2.86. The van der Waals surface area contributed by atoms with Gasteiger partial charge in [0, 0.05) is 24.8 Å². The molecule has 0 amide bonds. The summed E-state index contributed by atoms with van der Waals surface area (Å²) >= 11 is 0. The molecule has 20 heavy (non-hydrogen) atoms. The van der Waals surface area contributed by atoms with Crippen molar-refractivity contribution >= 4 is 5.69 Å². The van der Waals surface area contributed by atoms with Gasteiger partial charge in [0.05, 0.1) is 12.8 Å². The first kappa shape index (κ1) is 14.7. The first-order valence-corrected chi connectivity index (χ1v) is 7.30. The summed E-state index contributed by atoms with van der Waals surface area (Å²) in [5, 5.41) is 3.31. The second-order valence-electron chi connectivity index (χ2n) is 5.03. The van der Waals surface area contributed by atoms with Crippen LogP contribution in [0.15, 0.2) is 41.0 Å². The number of nitrogens with zero attached hydrogens (tertiary/aromatic N) is 1. The Morgan fingerprint density at radius 1 is 1.10 bits per heavy atom. The third kappa shape index (κ3) is 3.64. The molecular weight excluding hydrogens is 248 g/mol. The Hall–Kier alpha value is -1.74. The lowest BCUT2D eigenvalue weighted by molar-refractivity contribution is 0.482. The molecule has 0 atom stereocenters. The average molecular weight is 272 g/mol. The molecule has 0 bridgehead atoms. The number of aryl methyl sites for hydroxylation is 1. The van der Waals surface area contributed by atoms with E-state index in [1.165, 1.54) is 16.8 Å². The van der Waals surface area contributed by atoms with Crippen molar-refractivity contribution in [2.24, 2.45) is 0 Å². The van der Waals surface area contributed by atoms with Gasteiger partial charge in [0.1, 0.15) is 5.76 Å². The number of hydrogen-bond acceptors (Lipinski definition) is 3. The summed E-state index contributed by atoms with van der Waals surface area (Å²) in [7, 11) is 2.12. The maximum Gasteiger partial charge on any atom is 0.122 e. The summed E-state index contributed by atoms with van der Waals surface area (Å²) in [6.45, 7) is 6.89. The topological polar surface area (TPSA) is 28.4 Å². The lowest BCUT2D eigenvalue weighted by Gasteiger charge is -2.19. The first-order valence-electron chi connectivity index (χ1n) is 7.30. The van der Waals surface area contributed by atoms with Crippen LogP contribution in [0.25, 0.3) is 0 Å². The van der Waals surface area contributed by atoms with Gasteiger partial charge >= 0.3 is 0 Å². The largest absolute Gasteiger partial charge is 0.468 e. The van der Waals surface area contributed by atoms with Crippen molar-refractivity contribution in [1.29, 1.82) is 0 Å². The number of rotatable bonds is 7. The molecule has 0 aliphatic rings. The van der Waals surface area contributed by atoms with Crippen LogP contribution in [-0.2, 0) is 19.5 Å². The number of nitrogens with one attached hydrogen (secondary N) is 1. The molecule has 0 unspecified atom stereocenters. The summed E-state index contributed by atoms with van der Waals surface area (Å²) in [4.78, 5) is 2.25. The quantitative estimate of drug-likeness (QED) is 0.835. The van der Waals surface area contributed by atoms with E-state index in [2.05, 4.69) is 61.4 Å². The van der Waals surface area contributed by atoms with Gasteiger partial charge in [-0.2, -0.15) is 0 Å². The highest BCUT2D eigenvalue weighted by atomic mass is 16.3. The van der Waals surface area contributed by atoms with E-state index in [9.17, 15) is 0 Å². The monoisotopic (exact) mass is 272 g/mol. The highest BCUT2D eigenvalue weighted by Gasteiger charge is 2.09. The Morgan fingerprint density at radius 3 is 2.50 bits per heavy atom. The molecule has 2 aromatic rings. The smallest absolute Gasteiger partial charge is 0.122 e. The molecular formula is C17H24N2O. The Bertz CT molecular complexity index is 516. The van der Waals surface area contributed by atoms with E-state index < -0.39 is 0 Å². The fourth-order valence-electron chi connectivity index (χ4n) is 2.23. The minimum absolute atomic E-state index is 0.793. The van der Waals surface area contributed by atoms with Crippen LogP contribution in [0, 0.1) is 0 Å². The van der Waals surface area contributed by atoms with Gasteiger partial charge in [0.25, 0.3) is 0 Å². The predicted molar refractivity (Wildman–Crippen MR) is 84.0 cm³/mol. The highest BCUT2D eigenvalue weighted by molar-refractivity contribution is 5.47.